The van der Waals surface area contributed by atoms with E-state index in [2.05, 4.69) is 5.10 Å². The first-order chi connectivity index (χ1) is 12.8. The van der Waals surface area contributed by atoms with Crippen LogP contribution in [0.1, 0.15) is 5.56 Å². The highest BCUT2D eigenvalue weighted by Gasteiger charge is 2.18. The van der Waals surface area contributed by atoms with E-state index >= 15 is 0 Å². The number of hydrogen-bond donors (Lipinski definition) is 0. The number of hydrogen-bond acceptors (Lipinski definition) is 4. The Balaban J connectivity index is 1.74. The Labute approximate surface area is 157 Å². The van der Waals surface area contributed by atoms with Crippen LogP contribution in [0.15, 0.2) is 51.7 Å². The summed E-state index contributed by atoms with van der Waals surface area (Å²) in [6.07, 6.45) is 0. The van der Waals surface area contributed by atoms with Crippen LogP contribution in [0.25, 0.3) is 11.5 Å². The first-order valence-corrected chi connectivity index (χ1v) is 8.23. The van der Waals surface area contributed by atoms with Gasteiger partial charge in [0.2, 0.25) is 11.8 Å². The van der Waals surface area contributed by atoms with Gasteiger partial charge in [-0.1, -0.05) is 17.7 Å². The molecule has 0 unspecified atom stereocenters. The number of rotatable bonds is 5. The Kier molecular flexibility index (Phi) is 5.36. The van der Waals surface area contributed by atoms with Gasteiger partial charge in [0.25, 0.3) is 0 Å². The minimum Gasteiger partial charge on any atom is -0.388 e. The van der Waals surface area contributed by atoms with E-state index in [9.17, 15) is 18.4 Å². The molecular formula is C18H14ClF2N3O3. The van der Waals surface area contributed by atoms with E-state index in [4.69, 9.17) is 16.0 Å². The molecule has 0 aliphatic carbocycles. The topological polar surface area (TPSA) is 68.3 Å². The number of aromatic nitrogens is 2. The summed E-state index contributed by atoms with van der Waals surface area (Å²) in [5, 5.41) is 4.14. The number of carbonyl (C=O) groups is 1. The summed E-state index contributed by atoms with van der Waals surface area (Å²) in [5.74, 6) is -2.33. The summed E-state index contributed by atoms with van der Waals surface area (Å²) in [5.41, 5.74) is 0.570. The van der Waals surface area contributed by atoms with Crippen molar-refractivity contribution in [2.45, 2.75) is 13.1 Å². The van der Waals surface area contributed by atoms with E-state index in [0.717, 1.165) is 4.68 Å². The van der Waals surface area contributed by atoms with Gasteiger partial charge in [0.1, 0.15) is 18.2 Å². The minimum atomic E-state index is -0.833. The molecule has 0 saturated carbocycles. The van der Waals surface area contributed by atoms with Crippen molar-refractivity contribution in [1.29, 1.82) is 0 Å². The van der Waals surface area contributed by atoms with Gasteiger partial charge in [-0.05, 0) is 36.4 Å². The van der Waals surface area contributed by atoms with E-state index in [-0.39, 0.29) is 23.0 Å². The van der Waals surface area contributed by atoms with Crippen LogP contribution < -0.4 is 5.76 Å². The third-order valence-corrected chi connectivity index (χ3v) is 4.22. The first kappa shape index (κ1) is 18.8. The van der Waals surface area contributed by atoms with Crippen LogP contribution in [0.5, 0.6) is 0 Å². The fourth-order valence-corrected chi connectivity index (χ4v) is 2.60. The molecule has 0 fully saturated rings. The molecule has 0 saturated heterocycles. The average molecular weight is 394 g/mol. The lowest BCUT2D eigenvalue weighted by Gasteiger charge is -2.18. The number of nitrogens with zero attached hydrogens (tertiary/aromatic N) is 3. The highest BCUT2D eigenvalue weighted by atomic mass is 35.5. The number of amides is 1. The molecule has 0 spiro atoms. The largest absolute Gasteiger partial charge is 0.437 e. The molecule has 1 amide bonds. The van der Waals surface area contributed by atoms with Gasteiger partial charge in [0.05, 0.1) is 0 Å². The molecule has 1 aromatic heterocycles. The van der Waals surface area contributed by atoms with Crippen LogP contribution in [0.3, 0.4) is 0 Å². The van der Waals surface area contributed by atoms with E-state index < -0.39 is 29.8 Å². The van der Waals surface area contributed by atoms with Crippen molar-refractivity contribution in [1.82, 2.24) is 14.7 Å². The molecule has 27 heavy (non-hydrogen) atoms. The maximum atomic E-state index is 13.9. The van der Waals surface area contributed by atoms with Crippen molar-refractivity contribution < 1.29 is 18.0 Å². The number of carbonyl (C=O) groups excluding carboxylic acids is 1. The lowest BCUT2D eigenvalue weighted by molar-refractivity contribution is -0.131. The van der Waals surface area contributed by atoms with E-state index in [0.29, 0.717) is 5.56 Å². The molecule has 0 aliphatic heterocycles. The number of benzene rings is 2. The molecule has 0 aliphatic rings. The van der Waals surface area contributed by atoms with Crippen LogP contribution in [0.4, 0.5) is 8.78 Å². The first-order valence-electron chi connectivity index (χ1n) is 7.86. The zero-order valence-electron chi connectivity index (χ0n) is 14.2. The molecule has 3 rings (SSSR count). The molecular weight excluding hydrogens is 380 g/mol. The second-order valence-electron chi connectivity index (χ2n) is 5.79. The zero-order valence-corrected chi connectivity index (χ0v) is 14.9. The van der Waals surface area contributed by atoms with Crippen molar-refractivity contribution in [3.05, 3.63) is 75.2 Å². The molecule has 0 atom stereocenters. The van der Waals surface area contributed by atoms with Crippen LogP contribution in [0.2, 0.25) is 5.02 Å². The maximum absolute atomic E-state index is 13.9. The van der Waals surface area contributed by atoms with E-state index in [1.165, 1.54) is 54.4 Å². The van der Waals surface area contributed by atoms with Crippen LogP contribution in [-0.2, 0) is 17.9 Å². The second kappa shape index (κ2) is 7.71. The standard InChI is InChI=1S/C18H14ClF2N3O3/c1-23(9-13-14(19)3-2-4-15(13)21)16(25)10-24-18(26)27-17(22-24)11-5-7-12(20)8-6-11/h2-8H,9-10H2,1H3. The normalized spacial score (nSPS) is 10.8. The van der Waals surface area contributed by atoms with Crippen molar-refractivity contribution >= 4 is 17.5 Å². The predicted molar refractivity (Wildman–Crippen MR) is 94.0 cm³/mol. The number of halogens is 3. The third-order valence-electron chi connectivity index (χ3n) is 3.87. The summed E-state index contributed by atoms with van der Waals surface area (Å²) >= 11 is 5.96. The Bertz CT molecular complexity index is 1010. The van der Waals surface area contributed by atoms with Crippen molar-refractivity contribution in [3.63, 3.8) is 0 Å². The van der Waals surface area contributed by atoms with Gasteiger partial charge in [-0.15, -0.1) is 5.10 Å². The fourth-order valence-electron chi connectivity index (χ4n) is 2.37. The predicted octanol–water partition coefficient (Wildman–Crippen LogP) is 3.09. The summed E-state index contributed by atoms with van der Waals surface area (Å²) < 4.78 is 32.7. The van der Waals surface area contributed by atoms with Gasteiger partial charge in [0, 0.05) is 29.7 Å². The Morgan fingerprint density at radius 3 is 2.59 bits per heavy atom. The lowest BCUT2D eigenvalue weighted by Crippen LogP contribution is -2.33. The summed E-state index contributed by atoms with van der Waals surface area (Å²) in [7, 11) is 1.46. The molecule has 0 radical (unpaired) electrons. The third kappa shape index (κ3) is 4.22. The highest BCUT2D eigenvalue weighted by molar-refractivity contribution is 6.31. The summed E-state index contributed by atoms with van der Waals surface area (Å²) in [6.45, 7) is -0.464. The summed E-state index contributed by atoms with van der Waals surface area (Å²) in [6, 6.07) is 9.44. The quantitative estimate of drug-likeness (QED) is 0.668. The van der Waals surface area contributed by atoms with Gasteiger partial charge < -0.3 is 9.32 Å². The van der Waals surface area contributed by atoms with Gasteiger partial charge >= 0.3 is 5.76 Å². The maximum Gasteiger partial charge on any atom is 0.437 e. The molecule has 140 valence electrons. The van der Waals surface area contributed by atoms with Crippen molar-refractivity contribution in [3.8, 4) is 11.5 Å². The Morgan fingerprint density at radius 2 is 1.93 bits per heavy atom. The zero-order chi connectivity index (χ0) is 19.6. The minimum absolute atomic E-state index is 0.0346. The summed E-state index contributed by atoms with van der Waals surface area (Å²) in [4.78, 5) is 25.5. The number of likely N-dealkylation sites (N-methyl/N-ethyl adjacent to an activating group) is 1. The molecule has 6 nitrogen and oxygen atoms in total. The van der Waals surface area contributed by atoms with E-state index in [1.54, 1.807) is 0 Å². The fraction of sp³-hybridized carbons (Fsp3) is 0.167. The van der Waals surface area contributed by atoms with Crippen LogP contribution >= 0.6 is 11.6 Å². The smallest absolute Gasteiger partial charge is 0.388 e. The van der Waals surface area contributed by atoms with E-state index in [1.807, 2.05) is 0 Å². The lowest BCUT2D eigenvalue weighted by atomic mass is 10.2. The molecule has 0 N–H and O–H groups in total. The van der Waals surface area contributed by atoms with Crippen LogP contribution in [0, 0.1) is 11.6 Å². The molecule has 0 bridgehead atoms. The molecule has 2 aromatic carbocycles. The van der Waals surface area contributed by atoms with Gasteiger partial charge in [0.15, 0.2) is 0 Å². The van der Waals surface area contributed by atoms with Gasteiger partial charge in [-0.25, -0.2) is 13.6 Å². The average Bonchev–Trinajstić information content (AvgIpc) is 2.99. The second-order valence-corrected chi connectivity index (χ2v) is 6.19. The van der Waals surface area contributed by atoms with Gasteiger partial charge in [-0.3, -0.25) is 4.79 Å². The van der Waals surface area contributed by atoms with Crippen molar-refractivity contribution in [2.75, 3.05) is 7.05 Å². The monoisotopic (exact) mass is 393 g/mol. The van der Waals surface area contributed by atoms with Crippen molar-refractivity contribution in [2.24, 2.45) is 0 Å². The molecule has 1 heterocycles. The van der Waals surface area contributed by atoms with Crippen LogP contribution in [-0.4, -0.2) is 27.6 Å². The highest BCUT2D eigenvalue weighted by Crippen LogP contribution is 2.20. The molecule has 9 heteroatoms. The Hall–Kier alpha value is -3.00. The van der Waals surface area contributed by atoms with Gasteiger partial charge in [-0.2, -0.15) is 4.68 Å². The molecule has 3 aromatic rings. The Morgan fingerprint density at radius 1 is 1.22 bits per heavy atom. The SMILES string of the molecule is CN(Cc1c(F)cccc1Cl)C(=O)Cn1nc(-c2ccc(F)cc2)oc1=O.